The third-order valence-electron chi connectivity index (χ3n) is 10.4. The molecule has 1 aromatic carbocycles. The van der Waals surface area contributed by atoms with E-state index in [-0.39, 0.29) is 43.3 Å². The quantitative estimate of drug-likeness (QED) is 0.352. The summed E-state index contributed by atoms with van der Waals surface area (Å²) in [5, 5.41) is 8.61. The number of ether oxygens (including phenoxy) is 1. The van der Waals surface area contributed by atoms with Crippen LogP contribution in [0.25, 0.3) is 0 Å². The standard InChI is InChI=1S/C36H48N4O5S/c41-32(17-16-27-13-8-22-46-27)31-24-39(36(44)45-33-15-7-14-29-28(33)18-19-37-34(29)42)20-21-40(31)35(43)30(23-25-9-3-1-4-10-25)38-26-11-5-2-6-12-26/h7-8,13-15,22,25-26,30-31,38H,1-6,9-12,16-21,23-24H2,(H,37,42)/t30-,31+/m1/s1. The van der Waals surface area contributed by atoms with E-state index in [0.717, 1.165) is 42.5 Å². The average molecular weight is 649 g/mol. The summed E-state index contributed by atoms with van der Waals surface area (Å²) in [7, 11) is 0. The average Bonchev–Trinajstić information content (AvgIpc) is 3.62. The highest BCUT2D eigenvalue weighted by atomic mass is 32.1. The van der Waals surface area contributed by atoms with Crippen LogP contribution in [0.15, 0.2) is 35.7 Å². The maximum atomic E-state index is 14.5. The van der Waals surface area contributed by atoms with Gasteiger partial charge in [-0.05, 0) is 61.6 Å². The van der Waals surface area contributed by atoms with E-state index in [1.807, 2.05) is 17.5 Å². The van der Waals surface area contributed by atoms with Crippen molar-refractivity contribution in [3.63, 3.8) is 0 Å². The minimum atomic E-state index is -0.730. The van der Waals surface area contributed by atoms with Gasteiger partial charge >= 0.3 is 6.09 Å². The highest BCUT2D eigenvalue weighted by Crippen LogP contribution is 2.30. The second kappa shape index (κ2) is 15.6. The third kappa shape index (κ3) is 8.00. The molecule has 10 heteroatoms. The Morgan fingerprint density at radius 3 is 2.52 bits per heavy atom. The van der Waals surface area contributed by atoms with Crippen molar-refractivity contribution in [3.8, 4) is 5.75 Å². The Labute approximate surface area is 276 Å². The number of hydrogen-bond acceptors (Lipinski definition) is 7. The molecule has 0 radical (unpaired) electrons. The van der Waals surface area contributed by atoms with E-state index >= 15 is 0 Å². The number of rotatable bonds is 10. The predicted octanol–water partition coefficient (Wildman–Crippen LogP) is 5.51. The topological polar surface area (TPSA) is 108 Å². The van der Waals surface area contributed by atoms with Crippen LogP contribution >= 0.6 is 11.3 Å². The van der Waals surface area contributed by atoms with Gasteiger partial charge in [-0.15, -0.1) is 11.3 Å². The molecule has 6 rings (SSSR count). The molecule has 2 atom stereocenters. The first-order valence-electron chi connectivity index (χ1n) is 17.4. The molecule has 3 heterocycles. The molecule has 1 saturated heterocycles. The fraction of sp³-hybridized carbons (Fsp3) is 0.611. The molecule has 2 aromatic rings. The van der Waals surface area contributed by atoms with Gasteiger partial charge in [0.15, 0.2) is 5.78 Å². The van der Waals surface area contributed by atoms with Gasteiger partial charge in [-0.1, -0.05) is 63.5 Å². The Morgan fingerprint density at radius 2 is 1.76 bits per heavy atom. The molecule has 0 spiro atoms. The van der Waals surface area contributed by atoms with Crippen molar-refractivity contribution >= 4 is 35.0 Å². The summed E-state index contributed by atoms with van der Waals surface area (Å²) in [6.07, 6.45) is 13.5. The molecule has 3 fully saturated rings. The predicted molar refractivity (Wildman–Crippen MR) is 178 cm³/mol. The van der Waals surface area contributed by atoms with Gasteiger partial charge in [0.1, 0.15) is 11.8 Å². The first-order valence-corrected chi connectivity index (χ1v) is 18.3. The van der Waals surface area contributed by atoms with Crippen molar-refractivity contribution in [1.82, 2.24) is 20.4 Å². The Morgan fingerprint density at radius 1 is 0.978 bits per heavy atom. The highest BCUT2D eigenvalue weighted by molar-refractivity contribution is 7.09. The van der Waals surface area contributed by atoms with Crippen LogP contribution in [-0.2, 0) is 22.4 Å². The van der Waals surface area contributed by atoms with E-state index in [0.29, 0.717) is 49.1 Å². The number of ketones is 1. The zero-order valence-corrected chi connectivity index (χ0v) is 27.7. The van der Waals surface area contributed by atoms with E-state index < -0.39 is 12.1 Å². The van der Waals surface area contributed by atoms with E-state index in [9.17, 15) is 19.2 Å². The summed E-state index contributed by atoms with van der Waals surface area (Å²) < 4.78 is 5.87. The second-order valence-corrected chi connectivity index (χ2v) is 14.5. The van der Waals surface area contributed by atoms with Crippen LogP contribution in [0, 0.1) is 5.92 Å². The van der Waals surface area contributed by atoms with Crippen molar-refractivity contribution in [2.24, 2.45) is 5.92 Å². The number of piperazine rings is 1. The van der Waals surface area contributed by atoms with Crippen LogP contribution in [0.3, 0.4) is 0 Å². The zero-order chi connectivity index (χ0) is 31.9. The monoisotopic (exact) mass is 648 g/mol. The van der Waals surface area contributed by atoms with Crippen molar-refractivity contribution < 1.29 is 23.9 Å². The van der Waals surface area contributed by atoms with Crippen LogP contribution < -0.4 is 15.4 Å². The van der Waals surface area contributed by atoms with E-state index in [1.54, 1.807) is 39.3 Å². The fourth-order valence-corrected chi connectivity index (χ4v) is 8.50. The van der Waals surface area contributed by atoms with Gasteiger partial charge in [-0.2, -0.15) is 0 Å². The van der Waals surface area contributed by atoms with Crippen LogP contribution in [0.5, 0.6) is 5.75 Å². The molecule has 4 aliphatic rings. The van der Waals surface area contributed by atoms with Gasteiger partial charge in [-0.25, -0.2) is 4.79 Å². The highest BCUT2D eigenvalue weighted by Gasteiger charge is 2.41. The van der Waals surface area contributed by atoms with Gasteiger partial charge in [0.2, 0.25) is 5.91 Å². The molecule has 248 valence electrons. The normalized spacial score (nSPS) is 21.7. The summed E-state index contributed by atoms with van der Waals surface area (Å²) in [4.78, 5) is 58.8. The molecule has 46 heavy (non-hydrogen) atoms. The Balaban J connectivity index is 1.19. The van der Waals surface area contributed by atoms with Gasteiger partial charge in [-0.3, -0.25) is 14.4 Å². The van der Waals surface area contributed by atoms with E-state index in [1.165, 1.54) is 38.5 Å². The van der Waals surface area contributed by atoms with Gasteiger partial charge < -0.3 is 25.2 Å². The van der Waals surface area contributed by atoms with E-state index in [4.69, 9.17) is 4.74 Å². The first kappa shape index (κ1) is 32.7. The van der Waals surface area contributed by atoms with Crippen LogP contribution in [-0.4, -0.2) is 77.8 Å². The number of amides is 3. The number of benzene rings is 1. The molecule has 2 saturated carbocycles. The van der Waals surface area contributed by atoms with Crippen LogP contribution in [0.1, 0.15) is 97.8 Å². The fourth-order valence-electron chi connectivity index (χ4n) is 7.79. The van der Waals surface area contributed by atoms with Gasteiger partial charge in [0, 0.05) is 48.1 Å². The lowest BCUT2D eigenvalue weighted by atomic mass is 9.83. The van der Waals surface area contributed by atoms with Gasteiger partial charge in [0.25, 0.3) is 5.91 Å². The molecule has 2 aliphatic carbocycles. The lowest BCUT2D eigenvalue weighted by Gasteiger charge is -2.42. The van der Waals surface area contributed by atoms with Crippen molar-refractivity contribution in [3.05, 3.63) is 51.7 Å². The molecule has 0 bridgehead atoms. The summed E-state index contributed by atoms with van der Waals surface area (Å²) in [6, 6.07) is 8.45. The first-order chi connectivity index (χ1) is 22.5. The SMILES string of the molecule is O=C1NCCc2c(OC(=O)N3CCN(C(=O)[C@@H](CC4CCCCC4)NC4CCCCC4)[C@H](C(=O)CCc4cccs4)C3)cccc21. The minimum Gasteiger partial charge on any atom is -0.410 e. The number of nitrogens with zero attached hydrogens (tertiary/aromatic N) is 2. The van der Waals surface area contributed by atoms with Crippen molar-refractivity contribution in [1.29, 1.82) is 0 Å². The number of hydrogen-bond donors (Lipinski definition) is 2. The Kier molecular flexibility index (Phi) is 11.1. The maximum absolute atomic E-state index is 14.5. The number of carbonyl (C=O) groups is 4. The number of Topliss-reactive ketones (excluding diaryl/α,β-unsaturated/α-hetero) is 1. The Bertz CT molecular complexity index is 1350. The number of aryl methyl sites for hydroxylation is 1. The van der Waals surface area contributed by atoms with Gasteiger partial charge in [0.05, 0.1) is 12.6 Å². The molecule has 1 aromatic heterocycles. The summed E-state index contributed by atoms with van der Waals surface area (Å²) in [5.41, 5.74) is 1.24. The molecule has 9 nitrogen and oxygen atoms in total. The zero-order valence-electron chi connectivity index (χ0n) is 26.8. The van der Waals surface area contributed by atoms with Crippen molar-refractivity contribution in [2.75, 3.05) is 26.2 Å². The summed E-state index contributed by atoms with van der Waals surface area (Å²) in [6.45, 7) is 1.16. The summed E-state index contributed by atoms with van der Waals surface area (Å²) >= 11 is 1.62. The van der Waals surface area contributed by atoms with Crippen LogP contribution in [0.4, 0.5) is 4.79 Å². The lowest BCUT2D eigenvalue weighted by Crippen LogP contribution is -2.63. The number of fused-ring (bicyclic) bond motifs is 1. The second-order valence-electron chi connectivity index (χ2n) is 13.5. The lowest BCUT2D eigenvalue weighted by molar-refractivity contribution is -0.145. The number of carbonyl (C=O) groups excluding carboxylic acids is 4. The Hall–Kier alpha value is -3.24. The van der Waals surface area contributed by atoms with Crippen LogP contribution in [0.2, 0.25) is 0 Å². The number of thiophene rings is 1. The summed E-state index contributed by atoms with van der Waals surface area (Å²) in [5.74, 6) is 0.693. The van der Waals surface area contributed by atoms with E-state index in [2.05, 4.69) is 10.6 Å². The largest absolute Gasteiger partial charge is 0.415 e. The molecular formula is C36H48N4O5S. The molecule has 0 unspecified atom stereocenters. The molecule has 2 aliphatic heterocycles. The minimum absolute atomic E-state index is 0.00165. The smallest absolute Gasteiger partial charge is 0.410 e. The molecular weight excluding hydrogens is 600 g/mol. The molecule has 2 N–H and O–H groups in total. The number of nitrogens with one attached hydrogen (secondary N) is 2. The molecule has 3 amide bonds. The van der Waals surface area contributed by atoms with Crippen molar-refractivity contribution in [2.45, 2.75) is 108 Å². The maximum Gasteiger partial charge on any atom is 0.415 e. The third-order valence-corrected chi connectivity index (χ3v) is 11.3.